The van der Waals surface area contributed by atoms with Gasteiger partial charge in [-0.1, -0.05) is 83.4 Å². The number of anilines is 1. The molecular formula is C37H41Cl2N3O4S. The number of aryl methyl sites for hydroxylation is 3. The first-order valence-electron chi connectivity index (χ1n) is 15.3. The first kappa shape index (κ1) is 36.0. The van der Waals surface area contributed by atoms with Crippen LogP contribution in [0.2, 0.25) is 10.0 Å². The number of halogens is 2. The van der Waals surface area contributed by atoms with E-state index in [0.717, 1.165) is 26.6 Å². The molecule has 0 saturated carbocycles. The lowest BCUT2D eigenvalue weighted by Gasteiger charge is -2.35. The van der Waals surface area contributed by atoms with E-state index in [1.807, 2.05) is 77.9 Å². The molecule has 4 rings (SSSR count). The molecule has 0 unspecified atom stereocenters. The van der Waals surface area contributed by atoms with E-state index in [-0.39, 0.29) is 23.8 Å². The van der Waals surface area contributed by atoms with E-state index in [1.165, 1.54) is 17.0 Å². The number of hydrogen-bond acceptors (Lipinski definition) is 4. The number of benzene rings is 4. The number of carbonyl (C=O) groups is 2. The molecule has 1 N–H and O–H groups in total. The molecule has 4 aromatic rings. The summed E-state index contributed by atoms with van der Waals surface area (Å²) >= 11 is 12.8. The van der Waals surface area contributed by atoms with Gasteiger partial charge in [0.25, 0.3) is 10.0 Å². The third-order valence-electron chi connectivity index (χ3n) is 7.51. The number of nitrogens with one attached hydrogen (secondary N) is 1. The molecule has 7 nitrogen and oxygen atoms in total. The number of sulfonamides is 1. The van der Waals surface area contributed by atoms with Crippen LogP contribution in [0.25, 0.3) is 0 Å². The molecule has 0 radical (unpaired) electrons. The number of rotatable bonds is 11. The lowest BCUT2D eigenvalue weighted by atomic mass is 10.0. The largest absolute Gasteiger partial charge is 0.350 e. The molecule has 248 valence electrons. The molecule has 0 aliphatic carbocycles. The van der Waals surface area contributed by atoms with Crippen LogP contribution in [-0.2, 0) is 32.6 Å². The van der Waals surface area contributed by atoms with Gasteiger partial charge in [-0.3, -0.25) is 13.9 Å². The van der Waals surface area contributed by atoms with Crippen LogP contribution in [0, 0.1) is 20.8 Å². The van der Waals surface area contributed by atoms with Gasteiger partial charge >= 0.3 is 0 Å². The highest BCUT2D eigenvalue weighted by molar-refractivity contribution is 7.92. The molecule has 0 fully saturated rings. The Bertz CT molecular complexity index is 1820. The van der Waals surface area contributed by atoms with Crippen molar-refractivity contribution in [3.05, 3.63) is 129 Å². The summed E-state index contributed by atoms with van der Waals surface area (Å²) in [7, 11) is -4.21. The maximum absolute atomic E-state index is 14.7. The molecular weight excluding hydrogens is 653 g/mol. The molecule has 0 saturated heterocycles. The van der Waals surface area contributed by atoms with E-state index in [1.54, 1.807) is 42.5 Å². The summed E-state index contributed by atoms with van der Waals surface area (Å²) in [5, 5.41) is 3.77. The number of nitrogens with zero attached hydrogens (tertiary/aromatic N) is 2. The average molecular weight is 695 g/mol. The molecule has 0 aromatic heterocycles. The van der Waals surface area contributed by atoms with Crippen molar-refractivity contribution in [2.24, 2.45) is 0 Å². The van der Waals surface area contributed by atoms with Crippen molar-refractivity contribution in [3.63, 3.8) is 0 Å². The second-order valence-corrected chi connectivity index (χ2v) is 15.6. The maximum atomic E-state index is 14.7. The van der Waals surface area contributed by atoms with Crippen LogP contribution in [0.3, 0.4) is 0 Å². The van der Waals surface area contributed by atoms with Crippen molar-refractivity contribution >= 4 is 50.7 Å². The van der Waals surface area contributed by atoms with E-state index in [9.17, 15) is 18.0 Å². The molecule has 47 heavy (non-hydrogen) atoms. The van der Waals surface area contributed by atoms with Crippen molar-refractivity contribution in [2.45, 2.75) is 71.0 Å². The summed E-state index contributed by atoms with van der Waals surface area (Å²) in [4.78, 5) is 30.2. The molecule has 0 spiro atoms. The highest BCUT2D eigenvalue weighted by atomic mass is 35.5. The second-order valence-electron chi connectivity index (χ2n) is 12.9. The quantitative estimate of drug-likeness (QED) is 0.175. The van der Waals surface area contributed by atoms with E-state index in [0.29, 0.717) is 21.3 Å². The molecule has 4 aromatic carbocycles. The third-order valence-corrected chi connectivity index (χ3v) is 9.88. The Kier molecular flexibility index (Phi) is 11.4. The Morgan fingerprint density at radius 1 is 0.809 bits per heavy atom. The van der Waals surface area contributed by atoms with Crippen LogP contribution >= 0.6 is 23.2 Å². The van der Waals surface area contributed by atoms with Crippen molar-refractivity contribution in [1.82, 2.24) is 10.2 Å². The first-order chi connectivity index (χ1) is 22.0. The highest BCUT2D eigenvalue weighted by Gasteiger charge is 2.36. The number of amides is 2. The predicted octanol–water partition coefficient (Wildman–Crippen LogP) is 7.67. The third kappa shape index (κ3) is 9.60. The zero-order chi connectivity index (χ0) is 34.5. The normalized spacial score (nSPS) is 12.3. The van der Waals surface area contributed by atoms with Crippen LogP contribution in [-0.4, -0.2) is 43.3 Å². The van der Waals surface area contributed by atoms with Crippen molar-refractivity contribution < 1.29 is 18.0 Å². The maximum Gasteiger partial charge on any atom is 0.264 e. The minimum absolute atomic E-state index is 0.0497. The first-order valence-corrected chi connectivity index (χ1v) is 17.5. The summed E-state index contributed by atoms with van der Waals surface area (Å²) in [5.74, 6) is -0.949. The van der Waals surface area contributed by atoms with Crippen LogP contribution in [0.4, 0.5) is 5.69 Å². The van der Waals surface area contributed by atoms with Gasteiger partial charge in [0.2, 0.25) is 11.8 Å². The van der Waals surface area contributed by atoms with Crippen LogP contribution < -0.4 is 9.62 Å². The number of carbonyl (C=O) groups excluding carboxylic acids is 2. The van der Waals surface area contributed by atoms with E-state index >= 15 is 0 Å². The van der Waals surface area contributed by atoms with Crippen molar-refractivity contribution in [2.75, 3.05) is 10.8 Å². The number of hydrogen-bond donors (Lipinski definition) is 1. The molecule has 2 amide bonds. The predicted molar refractivity (Wildman–Crippen MR) is 190 cm³/mol. The summed E-state index contributed by atoms with van der Waals surface area (Å²) in [6.45, 7) is 10.6. The minimum atomic E-state index is -4.21. The lowest BCUT2D eigenvalue weighted by molar-refractivity contribution is -0.140. The Hall–Kier alpha value is -3.85. The smallest absolute Gasteiger partial charge is 0.264 e. The van der Waals surface area contributed by atoms with Gasteiger partial charge in [0.1, 0.15) is 12.6 Å². The Morgan fingerprint density at radius 2 is 1.43 bits per heavy atom. The van der Waals surface area contributed by atoms with E-state index < -0.39 is 34.1 Å². The molecule has 0 aliphatic heterocycles. The standard InChI is InChI=1S/C37H41Cl2N3O4S/c1-25-12-16-32(17-13-25)47(45,46)42(31-19-26(2)18-27(3)20-31)24-35(43)41(23-29-14-15-30(38)22-33(29)39)34(36(44)40-37(4,5)6)21-28-10-8-7-9-11-28/h7-20,22,34H,21,23-24H2,1-6H3,(H,40,44)/t34-/m1/s1. The zero-order valence-corrected chi connectivity index (χ0v) is 29.9. The van der Waals surface area contributed by atoms with Gasteiger partial charge in [-0.25, -0.2) is 8.42 Å². The molecule has 0 bridgehead atoms. The van der Waals surface area contributed by atoms with Crippen LogP contribution in [0.1, 0.15) is 48.6 Å². The fourth-order valence-electron chi connectivity index (χ4n) is 5.30. The van der Waals surface area contributed by atoms with Gasteiger partial charge in [0.15, 0.2) is 0 Å². The fourth-order valence-corrected chi connectivity index (χ4v) is 7.17. The van der Waals surface area contributed by atoms with Gasteiger partial charge in [-0.2, -0.15) is 0 Å². The average Bonchev–Trinajstić information content (AvgIpc) is 2.97. The Morgan fingerprint density at radius 3 is 2.00 bits per heavy atom. The minimum Gasteiger partial charge on any atom is -0.350 e. The molecule has 1 atom stereocenters. The van der Waals surface area contributed by atoms with Gasteiger partial charge in [-0.15, -0.1) is 0 Å². The van der Waals surface area contributed by atoms with Gasteiger partial charge in [-0.05, 0) is 100 Å². The van der Waals surface area contributed by atoms with Gasteiger partial charge < -0.3 is 10.2 Å². The van der Waals surface area contributed by atoms with Crippen molar-refractivity contribution in [1.29, 1.82) is 0 Å². The van der Waals surface area contributed by atoms with E-state index in [2.05, 4.69) is 5.32 Å². The van der Waals surface area contributed by atoms with Crippen LogP contribution in [0.5, 0.6) is 0 Å². The molecule has 10 heteroatoms. The van der Waals surface area contributed by atoms with Gasteiger partial charge in [0, 0.05) is 28.5 Å². The SMILES string of the molecule is Cc1ccc(S(=O)(=O)N(CC(=O)N(Cc2ccc(Cl)cc2Cl)[C@H](Cc2ccccc2)C(=O)NC(C)(C)C)c2cc(C)cc(C)c2)cc1. The van der Waals surface area contributed by atoms with Crippen LogP contribution in [0.15, 0.2) is 95.9 Å². The summed E-state index contributed by atoms with van der Waals surface area (Å²) in [6.07, 6.45) is 0.188. The molecule has 0 heterocycles. The monoisotopic (exact) mass is 693 g/mol. The summed E-state index contributed by atoms with van der Waals surface area (Å²) in [6, 6.07) is 25.2. The van der Waals surface area contributed by atoms with Crippen molar-refractivity contribution in [3.8, 4) is 0 Å². The highest BCUT2D eigenvalue weighted by Crippen LogP contribution is 2.29. The lowest BCUT2D eigenvalue weighted by Crippen LogP contribution is -2.56. The summed E-state index contributed by atoms with van der Waals surface area (Å²) < 4.78 is 29.7. The fraction of sp³-hybridized carbons (Fsp3) is 0.297. The second kappa shape index (κ2) is 14.9. The van der Waals surface area contributed by atoms with Gasteiger partial charge in [0.05, 0.1) is 10.6 Å². The topological polar surface area (TPSA) is 86.8 Å². The zero-order valence-electron chi connectivity index (χ0n) is 27.6. The van der Waals surface area contributed by atoms with E-state index in [4.69, 9.17) is 23.2 Å². The summed E-state index contributed by atoms with van der Waals surface area (Å²) in [5.41, 5.74) is 3.72. The molecule has 0 aliphatic rings. The Balaban J connectivity index is 1.86. The Labute approximate surface area is 288 Å².